The first-order valence-corrected chi connectivity index (χ1v) is 9.12. The monoisotopic (exact) mass is 429 g/mol. The number of nitrogens with zero attached hydrogens (tertiary/aromatic N) is 2. The van der Waals surface area contributed by atoms with Gasteiger partial charge in [0, 0.05) is 23.8 Å². The van der Waals surface area contributed by atoms with Crippen molar-refractivity contribution >= 4 is 33.4 Å². The first-order chi connectivity index (χ1) is 12.9. The number of hydrogen-bond donors (Lipinski definition) is 1. The summed E-state index contributed by atoms with van der Waals surface area (Å²) in [7, 11) is 1.63. The van der Waals surface area contributed by atoms with Gasteiger partial charge < -0.3 is 15.0 Å². The fourth-order valence-electron chi connectivity index (χ4n) is 2.38. The van der Waals surface area contributed by atoms with E-state index in [2.05, 4.69) is 27.3 Å². The van der Waals surface area contributed by atoms with E-state index in [4.69, 9.17) is 10.00 Å². The van der Waals surface area contributed by atoms with E-state index in [-0.39, 0.29) is 24.3 Å². The molecule has 2 aromatic carbocycles. The Labute approximate surface area is 166 Å². The van der Waals surface area contributed by atoms with Crippen molar-refractivity contribution in [2.75, 3.05) is 25.5 Å². The van der Waals surface area contributed by atoms with Crippen LogP contribution >= 0.6 is 15.9 Å². The molecule has 1 atom stereocenters. The van der Waals surface area contributed by atoms with Gasteiger partial charge in [-0.15, -0.1) is 0 Å². The Bertz CT molecular complexity index is 846. The predicted molar refractivity (Wildman–Crippen MR) is 106 cm³/mol. The second-order valence-corrected chi connectivity index (χ2v) is 6.97. The van der Waals surface area contributed by atoms with E-state index < -0.39 is 0 Å². The number of amides is 2. The summed E-state index contributed by atoms with van der Waals surface area (Å²) in [6.07, 6.45) is 0. The van der Waals surface area contributed by atoms with Crippen LogP contribution < -0.4 is 10.1 Å². The average Bonchev–Trinajstić information content (AvgIpc) is 2.67. The zero-order valence-electron chi connectivity index (χ0n) is 15.1. The van der Waals surface area contributed by atoms with Gasteiger partial charge in [-0.3, -0.25) is 9.59 Å². The van der Waals surface area contributed by atoms with Crippen molar-refractivity contribution in [3.63, 3.8) is 0 Å². The molecular weight excluding hydrogens is 410 g/mol. The first kappa shape index (κ1) is 20.5. The van der Waals surface area contributed by atoms with Crippen LogP contribution in [-0.4, -0.2) is 36.9 Å². The lowest BCUT2D eigenvalue weighted by Crippen LogP contribution is -2.31. The summed E-state index contributed by atoms with van der Waals surface area (Å²) in [5, 5.41) is 11.6. The number of nitrogens with one attached hydrogen (secondary N) is 1. The van der Waals surface area contributed by atoms with Gasteiger partial charge in [0.15, 0.2) is 6.61 Å². The molecule has 2 aromatic rings. The highest BCUT2D eigenvalue weighted by Gasteiger charge is 2.18. The Morgan fingerprint density at radius 1 is 1.22 bits per heavy atom. The predicted octanol–water partition coefficient (Wildman–Crippen LogP) is 3.70. The fraction of sp³-hybridized carbons (Fsp3) is 0.250. The highest BCUT2D eigenvalue weighted by atomic mass is 79.9. The van der Waals surface area contributed by atoms with E-state index in [1.54, 1.807) is 50.4 Å². The number of hydrogen-bond acceptors (Lipinski definition) is 4. The van der Waals surface area contributed by atoms with Crippen LogP contribution in [0.1, 0.15) is 17.3 Å². The third kappa shape index (κ3) is 6.12. The lowest BCUT2D eigenvalue weighted by Gasteiger charge is -2.20. The second-order valence-electron chi connectivity index (χ2n) is 6.06. The van der Waals surface area contributed by atoms with Crippen LogP contribution in [0.25, 0.3) is 0 Å². The van der Waals surface area contributed by atoms with E-state index in [1.807, 2.05) is 12.1 Å². The molecule has 0 spiro atoms. The van der Waals surface area contributed by atoms with Crippen molar-refractivity contribution in [3.05, 3.63) is 58.6 Å². The molecular formula is C20H20BrN3O3. The molecule has 2 amide bonds. The number of ether oxygens (including phenoxy) is 1. The number of benzene rings is 2. The number of nitriles is 1. The van der Waals surface area contributed by atoms with Gasteiger partial charge in [-0.05, 0) is 43.3 Å². The topological polar surface area (TPSA) is 82.4 Å². The van der Waals surface area contributed by atoms with Crippen molar-refractivity contribution < 1.29 is 14.3 Å². The molecule has 1 N–H and O–H groups in total. The normalized spacial score (nSPS) is 11.2. The third-order valence-corrected chi connectivity index (χ3v) is 4.25. The van der Waals surface area contributed by atoms with E-state index >= 15 is 0 Å². The summed E-state index contributed by atoms with van der Waals surface area (Å²) < 4.78 is 6.48. The van der Waals surface area contributed by atoms with Crippen molar-refractivity contribution in [2.24, 2.45) is 5.92 Å². The second kappa shape index (κ2) is 9.74. The number of carbonyl (C=O) groups excluding carboxylic acids is 2. The summed E-state index contributed by atoms with van der Waals surface area (Å²) in [6, 6.07) is 16.0. The number of halogens is 1. The largest absolute Gasteiger partial charge is 0.483 e. The zero-order chi connectivity index (χ0) is 19.8. The van der Waals surface area contributed by atoms with Gasteiger partial charge in [0.1, 0.15) is 5.75 Å². The molecule has 27 heavy (non-hydrogen) atoms. The number of anilines is 1. The molecule has 1 unspecified atom stereocenters. The van der Waals surface area contributed by atoms with Gasteiger partial charge in [0.2, 0.25) is 0 Å². The Hall–Kier alpha value is -2.85. The summed E-state index contributed by atoms with van der Waals surface area (Å²) in [6.45, 7) is 1.84. The van der Waals surface area contributed by atoms with Gasteiger partial charge in [-0.1, -0.05) is 28.1 Å². The van der Waals surface area contributed by atoms with Crippen LogP contribution in [0.15, 0.2) is 53.0 Å². The van der Waals surface area contributed by atoms with E-state index in [9.17, 15) is 9.59 Å². The molecule has 0 aliphatic heterocycles. The molecule has 0 fully saturated rings. The maximum Gasteiger partial charge on any atom is 0.262 e. The van der Waals surface area contributed by atoms with Gasteiger partial charge in [0.25, 0.3) is 11.8 Å². The summed E-state index contributed by atoms with van der Waals surface area (Å²) in [5.74, 6) is -0.541. The highest BCUT2D eigenvalue weighted by molar-refractivity contribution is 9.10. The van der Waals surface area contributed by atoms with Gasteiger partial charge in [0.05, 0.1) is 17.6 Å². The lowest BCUT2D eigenvalue weighted by atomic mass is 10.1. The fourth-order valence-corrected chi connectivity index (χ4v) is 2.65. The number of carbonyl (C=O) groups is 2. The van der Waals surface area contributed by atoms with Crippen LogP contribution in [0.3, 0.4) is 0 Å². The standard InChI is InChI=1S/C20H20BrN3O3/c1-14(11-22)12-24(2)20(26)17-5-3-4-6-18(17)27-13-19(25)23-16-9-7-15(21)8-10-16/h3-10,14H,12-13H2,1-2H3,(H,23,25). The Morgan fingerprint density at radius 3 is 2.56 bits per heavy atom. The molecule has 0 bridgehead atoms. The minimum Gasteiger partial charge on any atom is -0.483 e. The highest BCUT2D eigenvalue weighted by Crippen LogP contribution is 2.20. The van der Waals surface area contributed by atoms with E-state index in [1.165, 1.54) is 4.90 Å². The molecule has 0 radical (unpaired) electrons. The van der Waals surface area contributed by atoms with Crippen molar-refractivity contribution in [2.45, 2.75) is 6.92 Å². The van der Waals surface area contributed by atoms with Crippen molar-refractivity contribution in [1.29, 1.82) is 5.26 Å². The molecule has 0 aromatic heterocycles. The maximum atomic E-state index is 12.6. The smallest absolute Gasteiger partial charge is 0.262 e. The summed E-state index contributed by atoms with van der Waals surface area (Å²) in [4.78, 5) is 26.2. The molecule has 0 aliphatic carbocycles. The van der Waals surface area contributed by atoms with Crippen LogP contribution in [0.5, 0.6) is 5.75 Å². The van der Waals surface area contributed by atoms with Crippen LogP contribution in [-0.2, 0) is 4.79 Å². The summed E-state index contributed by atoms with van der Waals surface area (Å²) in [5.41, 5.74) is 1.00. The first-order valence-electron chi connectivity index (χ1n) is 8.33. The third-order valence-electron chi connectivity index (χ3n) is 3.72. The number of rotatable bonds is 7. The molecule has 0 saturated heterocycles. The molecule has 7 heteroatoms. The quantitative estimate of drug-likeness (QED) is 0.726. The minimum absolute atomic E-state index is 0.224. The minimum atomic E-state index is -0.328. The molecule has 6 nitrogen and oxygen atoms in total. The Balaban J connectivity index is 2.00. The Kier molecular flexibility index (Phi) is 7.38. The van der Waals surface area contributed by atoms with Crippen molar-refractivity contribution in [3.8, 4) is 11.8 Å². The van der Waals surface area contributed by atoms with E-state index in [0.717, 1.165) is 4.47 Å². The Morgan fingerprint density at radius 2 is 1.89 bits per heavy atom. The van der Waals surface area contributed by atoms with Crippen LogP contribution in [0.2, 0.25) is 0 Å². The van der Waals surface area contributed by atoms with Crippen molar-refractivity contribution in [1.82, 2.24) is 4.90 Å². The van der Waals surface area contributed by atoms with Crippen LogP contribution in [0.4, 0.5) is 5.69 Å². The molecule has 2 rings (SSSR count). The molecule has 0 saturated carbocycles. The average molecular weight is 430 g/mol. The van der Waals surface area contributed by atoms with Gasteiger partial charge in [-0.25, -0.2) is 0 Å². The summed E-state index contributed by atoms with van der Waals surface area (Å²) >= 11 is 3.33. The molecule has 0 heterocycles. The maximum absolute atomic E-state index is 12.6. The lowest BCUT2D eigenvalue weighted by molar-refractivity contribution is -0.118. The van der Waals surface area contributed by atoms with E-state index in [0.29, 0.717) is 23.5 Å². The van der Waals surface area contributed by atoms with Gasteiger partial charge in [-0.2, -0.15) is 5.26 Å². The zero-order valence-corrected chi connectivity index (χ0v) is 16.7. The van der Waals surface area contributed by atoms with Gasteiger partial charge >= 0.3 is 0 Å². The van der Waals surface area contributed by atoms with Crippen LogP contribution in [0, 0.1) is 17.2 Å². The number of para-hydroxylation sites is 1. The SMILES string of the molecule is CC(C#N)CN(C)C(=O)c1ccccc1OCC(=O)Nc1ccc(Br)cc1. The molecule has 140 valence electrons. The molecule has 0 aliphatic rings.